The number of methoxy groups -OCH3 is 1. The number of ether oxygens (including phenoxy) is 2. The number of amides is 2. The molecule has 2 rings (SSSR count). The molecular formula is C18H27N3O4. The van der Waals surface area contributed by atoms with E-state index in [2.05, 4.69) is 10.2 Å². The van der Waals surface area contributed by atoms with Crippen LogP contribution in [0.15, 0.2) is 24.3 Å². The van der Waals surface area contributed by atoms with Crippen molar-refractivity contribution in [3.8, 4) is 5.75 Å². The van der Waals surface area contributed by atoms with E-state index in [1.165, 1.54) is 6.92 Å². The summed E-state index contributed by atoms with van der Waals surface area (Å²) in [6.45, 7) is 6.50. The molecule has 7 heteroatoms. The highest BCUT2D eigenvalue weighted by atomic mass is 16.5. The smallest absolute Gasteiger partial charge is 0.239 e. The Labute approximate surface area is 148 Å². The maximum Gasteiger partial charge on any atom is 0.239 e. The zero-order valence-electron chi connectivity index (χ0n) is 15.0. The van der Waals surface area contributed by atoms with Crippen LogP contribution in [0.4, 0.5) is 0 Å². The summed E-state index contributed by atoms with van der Waals surface area (Å²) in [5, 5.41) is 2.85. The Morgan fingerprint density at radius 2 is 1.92 bits per heavy atom. The Morgan fingerprint density at radius 1 is 1.24 bits per heavy atom. The van der Waals surface area contributed by atoms with Crippen LogP contribution in [0.25, 0.3) is 0 Å². The van der Waals surface area contributed by atoms with Crippen LogP contribution in [-0.4, -0.2) is 74.7 Å². The van der Waals surface area contributed by atoms with Gasteiger partial charge in [0.25, 0.3) is 0 Å². The van der Waals surface area contributed by atoms with Gasteiger partial charge in [-0.15, -0.1) is 0 Å². The Bertz CT molecular complexity index is 556. The first-order valence-corrected chi connectivity index (χ1v) is 8.53. The summed E-state index contributed by atoms with van der Waals surface area (Å²) >= 11 is 0. The van der Waals surface area contributed by atoms with Crippen LogP contribution in [0.1, 0.15) is 12.5 Å². The van der Waals surface area contributed by atoms with Gasteiger partial charge in [-0.2, -0.15) is 0 Å². The number of rotatable bonds is 8. The first-order valence-electron chi connectivity index (χ1n) is 8.53. The van der Waals surface area contributed by atoms with Crippen molar-refractivity contribution in [2.45, 2.75) is 13.5 Å². The first kappa shape index (κ1) is 19.2. The van der Waals surface area contributed by atoms with Gasteiger partial charge in [-0.25, -0.2) is 0 Å². The molecular weight excluding hydrogens is 322 g/mol. The molecule has 0 bridgehead atoms. The highest BCUT2D eigenvalue weighted by Gasteiger charge is 2.16. The van der Waals surface area contributed by atoms with Gasteiger partial charge in [0.05, 0.1) is 26.9 Å². The van der Waals surface area contributed by atoms with Crippen LogP contribution < -0.4 is 10.1 Å². The molecule has 2 amide bonds. The fraction of sp³-hybridized carbons (Fsp3) is 0.556. The molecule has 0 saturated carbocycles. The second kappa shape index (κ2) is 10.0. The number of nitrogens with one attached hydrogen (secondary N) is 1. The molecule has 1 fully saturated rings. The van der Waals surface area contributed by atoms with Crippen LogP contribution >= 0.6 is 0 Å². The summed E-state index contributed by atoms with van der Waals surface area (Å²) < 4.78 is 10.4. The highest BCUT2D eigenvalue weighted by Crippen LogP contribution is 2.10. The number of hydrogen-bond acceptors (Lipinski definition) is 5. The lowest BCUT2D eigenvalue weighted by Crippen LogP contribution is -2.45. The third-order valence-electron chi connectivity index (χ3n) is 4.22. The van der Waals surface area contributed by atoms with Gasteiger partial charge in [-0.05, 0) is 17.7 Å². The Kier molecular flexibility index (Phi) is 7.69. The molecule has 0 atom stereocenters. The maximum absolute atomic E-state index is 12.1. The zero-order chi connectivity index (χ0) is 18.1. The largest absolute Gasteiger partial charge is 0.497 e. The fourth-order valence-electron chi connectivity index (χ4n) is 2.61. The van der Waals surface area contributed by atoms with Gasteiger partial charge in [0, 0.05) is 39.6 Å². The lowest BCUT2D eigenvalue weighted by Gasteiger charge is -2.29. The van der Waals surface area contributed by atoms with E-state index in [-0.39, 0.29) is 18.4 Å². The van der Waals surface area contributed by atoms with Crippen LogP contribution in [0.3, 0.4) is 0 Å². The predicted molar refractivity (Wildman–Crippen MR) is 94.4 cm³/mol. The van der Waals surface area contributed by atoms with Gasteiger partial charge >= 0.3 is 0 Å². The van der Waals surface area contributed by atoms with Crippen LogP contribution in [0, 0.1) is 0 Å². The molecule has 1 aliphatic heterocycles. The van der Waals surface area contributed by atoms with Crippen LogP contribution in [0.2, 0.25) is 0 Å². The third-order valence-corrected chi connectivity index (χ3v) is 4.22. The molecule has 25 heavy (non-hydrogen) atoms. The van der Waals surface area contributed by atoms with E-state index in [1.54, 1.807) is 12.0 Å². The molecule has 138 valence electrons. The summed E-state index contributed by atoms with van der Waals surface area (Å²) in [6, 6.07) is 7.51. The van der Waals surface area contributed by atoms with Gasteiger partial charge in [-0.3, -0.25) is 14.5 Å². The number of carbonyl (C=O) groups excluding carboxylic acids is 2. The summed E-state index contributed by atoms with van der Waals surface area (Å²) in [5.74, 6) is 0.529. The highest BCUT2D eigenvalue weighted by molar-refractivity contribution is 5.83. The molecule has 0 aromatic heterocycles. The van der Waals surface area contributed by atoms with E-state index in [0.29, 0.717) is 13.1 Å². The number of carbonyl (C=O) groups is 2. The average Bonchev–Trinajstić information content (AvgIpc) is 2.64. The molecule has 0 aliphatic carbocycles. The quantitative estimate of drug-likeness (QED) is 0.740. The lowest BCUT2D eigenvalue weighted by molar-refractivity contribution is -0.134. The van der Waals surface area contributed by atoms with Crippen molar-refractivity contribution in [1.29, 1.82) is 0 Å². The van der Waals surface area contributed by atoms with Crippen molar-refractivity contribution < 1.29 is 19.1 Å². The lowest BCUT2D eigenvalue weighted by atomic mass is 10.2. The normalized spacial score (nSPS) is 14.8. The molecule has 7 nitrogen and oxygen atoms in total. The van der Waals surface area contributed by atoms with Gasteiger partial charge in [0.1, 0.15) is 5.75 Å². The maximum atomic E-state index is 12.1. The minimum Gasteiger partial charge on any atom is -0.497 e. The van der Waals surface area contributed by atoms with Gasteiger partial charge in [-0.1, -0.05) is 12.1 Å². The number of hydrogen-bond donors (Lipinski definition) is 1. The van der Waals surface area contributed by atoms with Crippen molar-refractivity contribution >= 4 is 11.8 Å². The molecule has 0 radical (unpaired) electrons. The number of nitrogens with zero attached hydrogens (tertiary/aromatic N) is 2. The number of morpholine rings is 1. The minimum atomic E-state index is -0.159. The minimum absolute atomic E-state index is 0.0792. The van der Waals surface area contributed by atoms with E-state index in [0.717, 1.165) is 44.2 Å². The SMILES string of the molecule is COc1ccc(CNC(=O)CN(CCN2CCOCC2)C(C)=O)cc1. The number of benzene rings is 1. The van der Waals surface area contributed by atoms with Gasteiger partial charge < -0.3 is 19.7 Å². The molecule has 1 saturated heterocycles. The average molecular weight is 349 g/mol. The van der Waals surface area contributed by atoms with Crippen LogP contribution in [0.5, 0.6) is 5.75 Å². The zero-order valence-corrected chi connectivity index (χ0v) is 15.0. The molecule has 1 aromatic rings. The third kappa shape index (κ3) is 6.72. The molecule has 0 spiro atoms. The topological polar surface area (TPSA) is 71.1 Å². The van der Waals surface area contributed by atoms with Gasteiger partial charge in [0.15, 0.2) is 0 Å². The molecule has 1 N–H and O–H groups in total. The molecule has 1 aromatic carbocycles. The summed E-state index contributed by atoms with van der Waals surface area (Å²) in [7, 11) is 1.62. The summed E-state index contributed by atoms with van der Waals surface area (Å²) in [6.07, 6.45) is 0. The van der Waals surface area contributed by atoms with E-state index in [1.807, 2.05) is 24.3 Å². The monoisotopic (exact) mass is 349 g/mol. The van der Waals surface area contributed by atoms with E-state index < -0.39 is 0 Å². The first-order chi connectivity index (χ1) is 12.1. The molecule has 1 heterocycles. The van der Waals surface area contributed by atoms with E-state index in [4.69, 9.17) is 9.47 Å². The fourth-order valence-corrected chi connectivity index (χ4v) is 2.61. The van der Waals surface area contributed by atoms with Gasteiger partial charge in [0.2, 0.25) is 11.8 Å². The summed E-state index contributed by atoms with van der Waals surface area (Å²) in [4.78, 5) is 27.8. The van der Waals surface area contributed by atoms with Crippen molar-refractivity contribution in [2.24, 2.45) is 0 Å². The Balaban J connectivity index is 1.75. The standard InChI is InChI=1S/C18H27N3O4/c1-15(22)21(8-7-20-9-11-25-12-10-20)14-18(23)19-13-16-3-5-17(24-2)6-4-16/h3-6H,7-14H2,1-2H3,(H,19,23). The van der Waals surface area contributed by atoms with Crippen molar-refractivity contribution in [3.63, 3.8) is 0 Å². The van der Waals surface area contributed by atoms with Crippen molar-refractivity contribution in [2.75, 3.05) is 53.0 Å². The predicted octanol–water partition coefficient (Wildman–Crippen LogP) is 0.492. The summed E-state index contributed by atoms with van der Waals surface area (Å²) in [5.41, 5.74) is 0.983. The second-order valence-corrected chi connectivity index (χ2v) is 6.02. The van der Waals surface area contributed by atoms with Crippen molar-refractivity contribution in [1.82, 2.24) is 15.1 Å². The Morgan fingerprint density at radius 3 is 2.52 bits per heavy atom. The molecule has 1 aliphatic rings. The van der Waals surface area contributed by atoms with E-state index >= 15 is 0 Å². The molecule has 0 unspecified atom stereocenters. The van der Waals surface area contributed by atoms with E-state index in [9.17, 15) is 9.59 Å². The van der Waals surface area contributed by atoms with Crippen LogP contribution in [-0.2, 0) is 20.9 Å². The Hall–Kier alpha value is -2.12. The second-order valence-electron chi connectivity index (χ2n) is 6.02. The van der Waals surface area contributed by atoms with Crippen molar-refractivity contribution in [3.05, 3.63) is 29.8 Å².